The molecule has 0 saturated carbocycles. The molecule has 0 bridgehead atoms. The number of phenols is 1. The van der Waals surface area contributed by atoms with Crippen LogP contribution in [0.4, 0.5) is 5.69 Å². The summed E-state index contributed by atoms with van der Waals surface area (Å²) in [6, 6.07) is 15.8. The fourth-order valence-electron chi connectivity index (χ4n) is 3.26. The molecule has 2 aromatic rings. The molecule has 2 aromatic carbocycles. The van der Waals surface area contributed by atoms with Gasteiger partial charge in [0.25, 0.3) is 0 Å². The predicted molar refractivity (Wildman–Crippen MR) is 97.0 cm³/mol. The van der Waals surface area contributed by atoms with Crippen LogP contribution in [-0.2, 0) is 13.1 Å². The van der Waals surface area contributed by atoms with Crippen LogP contribution in [0.25, 0.3) is 0 Å². The normalized spacial score (nSPS) is 16.2. The van der Waals surface area contributed by atoms with Crippen LogP contribution in [-0.4, -0.2) is 34.8 Å². The van der Waals surface area contributed by atoms with Gasteiger partial charge in [-0.1, -0.05) is 30.3 Å². The van der Waals surface area contributed by atoms with Crippen molar-refractivity contribution in [2.75, 3.05) is 25.0 Å². The highest BCUT2D eigenvalue weighted by molar-refractivity contribution is 5.51. The van der Waals surface area contributed by atoms with Gasteiger partial charge in [-0.05, 0) is 61.2 Å². The van der Waals surface area contributed by atoms with Crippen molar-refractivity contribution in [1.29, 1.82) is 0 Å². The number of phenolic OH excluding ortho intramolecular Hbond substituents is 1. The maximum Gasteiger partial charge on any atom is 0.115 e. The number of rotatable bonds is 6. The molecule has 1 heterocycles. The number of benzene rings is 2. The second kappa shape index (κ2) is 8.18. The Balaban J connectivity index is 1.61. The van der Waals surface area contributed by atoms with Gasteiger partial charge in [0.1, 0.15) is 5.75 Å². The average molecular weight is 326 g/mol. The molecule has 0 aliphatic carbocycles. The Morgan fingerprint density at radius 3 is 2.58 bits per heavy atom. The number of aliphatic hydroxyl groups is 1. The number of hydrogen-bond acceptors (Lipinski definition) is 4. The van der Waals surface area contributed by atoms with E-state index < -0.39 is 0 Å². The highest BCUT2D eigenvalue weighted by atomic mass is 16.3. The topological polar surface area (TPSA) is 55.7 Å². The van der Waals surface area contributed by atoms with Gasteiger partial charge in [-0.3, -0.25) is 4.90 Å². The van der Waals surface area contributed by atoms with E-state index in [1.165, 1.54) is 5.56 Å². The Morgan fingerprint density at radius 2 is 1.83 bits per heavy atom. The molecular formula is C20H26N2O2. The molecule has 0 aromatic heterocycles. The van der Waals surface area contributed by atoms with Gasteiger partial charge in [-0.25, -0.2) is 0 Å². The first-order valence-electron chi connectivity index (χ1n) is 8.67. The van der Waals surface area contributed by atoms with Gasteiger partial charge in [0.2, 0.25) is 0 Å². The largest absolute Gasteiger partial charge is 0.508 e. The van der Waals surface area contributed by atoms with E-state index >= 15 is 0 Å². The zero-order valence-electron chi connectivity index (χ0n) is 14.0. The number of likely N-dealkylation sites (tertiary alicyclic amines) is 1. The van der Waals surface area contributed by atoms with Crippen molar-refractivity contribution in [3.05, 3.63) is 59.7 Å². The van der Waals surface area contributed by atoms with E-state index in [1.807, 2.05) is 18.2 Å². The Labute approximate surface area is 143 Å². The predicted octanol–water partition coefficient (Wildman–Crippen LogP) is 3.21. The monoisotopic (exact) mass is 326 g/mol. The second-order valence-corrected chi connectivity index (χ2v) is 6.58. The van der Waals surface area contributed by atoms with Gasteiger partial charge in [0, 0.05) is 25.4 Å². The first-order valence-corrected chi connectivity index (χ1v) is 8.67. The first-order chi connectivity index (χ1) is 11.7. The first kappa shape index (κ1) is 16.8. The van der Waals surface area contributed by atoms with Crippen LogP contribution in [0, 0.1) is 5.92 Å². The number of aromatic hydroxyl groups is 1. The summed E-state index contributed by atoms with van der Waals surface area (Å²) in [5.41, 5.74) is 3.50. The third-order valence-corrected chi connectivity index (χ3v) is 4.77. The Morgan fingerprint density at radius 1 is 1.04 bits per heavy atom. The minimum atomic E-state index is 0.300. The molecule has 4 heteroatoms. The van der Waals surface area contributed by atoms with Crippen molar-refractivity contribution in [2.45, 2.75) is 25.9 Å². The molecule has 0 radical (unpaired) electrons. The Kier molecular flexibility index (Phi) is 5.72. The number of nitrogens with zero attached hydrogens (tertiary/aromatic N) is 1. The maximum absolute atomic E-state index is 9.57. The molecule has 1 fully saturated rings. The molecule has 1 aliphatic heterocycles. The number of anilines is 1. The van der Waals surface area contributed by atoms with Crippen LogP contribution in [0.15, 0.2) is 48.5 Å². The molecule has 1 saturated heterocycles. The molecular weight excluding hydrogens is 300 g/mol. The summed E-state index contributed by atoms with van der Waals surface area (Å²) in [5, 5.41) is 22.3. The van der Waals surface area contributed by atoms with Crippen LogP contribution in [0.5, 0.6) is 5.75 Å². The molecule has 128 valence electrons. The van der Waals surface area contributed by atoms with Gasteiger partial charge in [0.15, 0.2) is 0 Å². The highest BCUT2D eigenvalue weighted by Gasteiger charge is 2.19. The van der Waals surface area contributed by atoms with Gasteiger partial charge < -0.3 is 15.5 Å². The zero-order chi connectivity index (χ0) is 16.8. The lowest BCUT2D eigenvalue weighted by molar-refractivity contribution is 0.127. The lowest BCUT2D eigenvalue weighted by Gasteiger charge is -2.31. The number of aliphatic hydroxyl groups excluding tert-OH is 1. The zero-order valence-corrected chi connectivity index (χ0v) is 14.0. The maximum atomic E-state index is 9.57. The third kappa shape index (κ3) is 4.49. The van der Waals surface area contributed by atoms with Crippen LogP contribution in [0.3, 0.4) is 0 Å². The van der Waals surface area contributed by atoms with E-state index in [0.29, 0.717) is 24.8 Å². The summed E-state index contributed by atoms with van der Waals surface area (Å²) in [6.45, 7) is 4.04. The van der Waals surface area contributed by atoms with Crippen LogP contribution < -0.4 is 5.32 Å². The Hall–Kier alpha value is -2.04. The lowest BCUT2D eigenvalue weighted by Crippen LogP contribution is -2.34. The van der Waals surface area contributed by atoms with Gasteiger partial charge >= 0.3 is 0 Å². The van der Waals surface area contributed by atoms with E-state index in [-0.39, 0.29) is 0 Å². The van der Waals surface area contributed by atoms with Crippen molar-refractivity contribution in [1.82, 2.24) is 4.90 Å². The average Bonchev–Trinajstić information content (AvgIpc) is 2.62. The third-order valence-electron chi connectivity index (χ3n) is 4.77. The lowest BCUT2D eigenvalue weighted by atomic mass is 9.97. The van der Waals surface area contributed by atoms with Crippen LogP contribution in [0.2, 0.25) is 0 Å². The molecule has 24 heavy (non-hydrogen) atoms. The molecule has 0 amide bonds. The quantitative estimate of drug-likeness (QED) is 0.763. The van der Waals surface area contributed by atoms with E-state index in [9.17, 15) is 10.2 Å². The summed E-state index contributed by atoms with van der Waals surface area (Å²) in [4.78, 5) is 2.46. The summed E-state index contributed by atoms with van der Waals surface area (Å²) in [6.07, 6.45) is 2.16. The Bertz CT molecular complexity index is 652. The van der Waals surface area contributed by atoms with Crippen molar-refractivity contribution in [3.8, 4) is 5.75 Å². The van der Waals surface area contributed by atoms with Gasteiger partial charge in [-0.15, -0.1) is 0 Å². The molecule has 0 atom stereocenters. The second-order valence-electron chi connectivity index (χ2n) is 6.58. The SMILES string of the molecule is OCC1CCN(Cc2ccccc2NCc2cccc(O)c2)CC1. The molecule has 4 nitrogen and oxygen atoms in total. The smallest absolute Gasteiger partial charge is 0.115 e. The van der Waals surface area contributed by atoms with Crippen molar-refractivity contribution in [3.63, 3.8) is 0 Å². The fraction of sp³-hybridized carbons (Fsp3) is 0.400. The molecule has 0 spiro atoms. The number of nitrogens with one attached hydrogen (secondary N) is 1. The molecule has 3 rings (SSSR count). The fourth-order valence-corrected chi connectivity index (χ4v) is 3.26. The van der Waals surface area contributed by atoms with E-state index in [2.05, 4.69) is 28.4 Å². The van der Waals surface area contributed by atoms with Crippen LogP contribution >= 0.6 is 0 Å². The van der Waals surface area contributed by atoms with Crippen molar-refractivity contribution >= 4 is 5.69 Å². The van der Waals surface area contributed by atoms with Crippen LogP contribution in [0.1, 0.15) is 24.0 Å². The van der Waals surface area contributed by atoms with E-state index in [0.717, 1.165) is 43.7 Å². The van der Waals surface area contributed by atoms with Gasteiger partial charge in [0.05, 0.1) is 0 Å². The summed E-state index contributed by atoms with van der Waals surface area (Å²) in [5.74, 6) is 0.773. The molecule has 1 aliphatic rings. The number of hydrogen-bond donors (Lipinski definition) is 3. The van der Waals surface area contributed by atoms with Crippen molar-refractivity contribution in [2.24, 2.45) is 5.92 Å². The minimum absolute atomic E-state index is 0.300. The van der Waals surface area contributed by atoms with E-state index in [4.69, 9.17) is 0 Å². The van der Waals surface area contributed by atoms with Gasteiger partial charge in [-0.2, -0.15) is 0 Å². The standard InChI is InChI=1S/C20H26N2O2/c23-15-16-8-10-22(11-9-16)14-18-5-1-2-7-20(18)21-13-17-4-3-6-19(24)12-17/h1-7,12,16,21,23-24H,8-11,13-15H2. The number of para-hydroxylation sites is 1. The molecule has 3 N–H and O–H groups in total. The summed E-state index contributed by atoms with van der Waals surface area (Å²) < 4.78 is 0. The highest BCUT2D eigenvalue weighted by Crippen LogP contribution is 2.23. The minimum Gasteiger partial charge on any atom is -0.508 e. The number of piperidine rings is 1. The summed E-state index contributed by atoms with van der Waals surface area (Å²) in [7, 11) is 0. The van der Waals surface area contributed by atoms with E-state index in [1.54, 1.807) is 12.1 Å². The molecule has 0 unspecified atom stereocenters. The van der Waals surface area contributed by atoms with Crippen molar-refractivity contribution < 1.29 is 10.2 Å². The summed E-state index contributed by atoms with van der Waals surface area (Å²) >= 11 is 0.